The van der Waals surface area contributed by atoms with Crippen LogP contribution in [0.4, 0.5) is 0 Å². The molecule has 2 amide bonds. The molecular formula is C26H38N2O8S2. The van der Waals surface area contributed by atoms with Crippen LogP contribution in [-0.2, 0) is 38.9 Å². The quantitative estimate of drug-likeness (QED) is 0.300. The summed E-state index contributed by atoms with van der Waals surface area (Å²) in [5, 5.41) is 6.67. The first-order valence-electron chi connectivity index (χ1n) is 12.0. The van der Waals surface area contributed by atoms with Crippen LogP contribution in [0.5, 0.6) is 0 Å². The molecule has 1 rings (SSSR count). The molecular weight excluding hydrogens is 532 g/mol. The van der Waals surface area contributed by atoms with Gasteiger partial charge in [-0.05, 0) is 13.8 Å². The molecule has 0 aromatic heterocycles. The zero-order valence-electron chi connectivity index (χ0n) is 22.9. The summed E-state index contributed by atoms with van der Waals surface area (Å²) in [5.41, 5.74) is -1.35. The van der Waals surface area contributed by atoms with Crippen LogP contribution in [0.15, 0.2) is 46.3 Å². The number of rotatable bonds is 14. The Kier molecular flexibility index (Phi) is 10.8. The van der Waals surface area contributed by atoms with Crippen LogP contribution in [-0.4, -0.2) is 64.8 Å². The standard InChI is InChI=1S/C26H38N2O8S2/c1-9-37(33,34)13-11-27-19(29)15-25(5,6)21-17(3)24(32)22(18(4)23(21)31)26(7,8)16-20(30)28-12-14-38(35,36)10-2/h9-10H,1-2,11-16H2,3-8H3,(H,27,29)(H,28,30). The normalized spacial score (nSPS) is 15.4. The molecule has 12 heteroatoms. The van der Waals surface area contributed by atoms with E-state index in [0.29, 0.717) is 0 Å². The van der Waals surface area contributed by atoms with Gasteiger partial charge in [0.2, 0.25) is 11.8 Å². The van der Waals surface area contributed by atoms with E-state index in [2.05, 4.69) is 23.8 Å². The van der Waals surface area contributed by atoms with Crippen molar-refractivity contribution in [1.82, 2.24) is 10.6 Å². The number of ketones is 2. The summed E-state index contributed by atoms with van der Waals surface area (Å²) in [5.74, 6) is -2.38. The number of carbonyl (C=O) groups excluding carboxylic acids is 4. The monoisotopic (exact) mass is 570 g/mol. The predicted molar refractivity (Wildman–Crippen MR) is 146 cm³/mol. The van der Waals surface area contributed by atoms with Gasteiger partial charge in [0, 0.05) is 69.9 Å². The highest BCUT2D eigenvalue weighted by Crippen LogP contribution is 2.44. The lowest BCUT2D eigenvalue weighted by molar-refractivity contribution is -0.124. The molecule has 10 nitrogen and oxygen atoms in total. The van der Waals surface area contributed by atoms with E-state index >= 15 is 0 Å². The zero-order chi connectivity index (χ0) is 29.7. The molecule has 0 radical (unpaired) electrons. The summed E-state index contributed by atoms with van der Waals surface area (Å²) in [4.78, 5) is 52.0. The molecule has 0 aliphatic heterocycles. The van der Waals surface area contributed by atoms with Gasteiger partial charge in [0.25, 0.3) is 0 Å². The fourth-order valence-electron chi connectivity index (χ4n) is 4.51. The first-order chi connectivity index (χ1) is 17.2. The van der Waals surface area contributed by atoms with Gasteiger partial charge in [-0.15, -0.1) is 0 Å². The van der Waals surface area contributed by atoms with Gasteiger partial charge in [0.15, 0.2) is 31.2 Å². The minimum absolute atomic E-state index is 0.118. The highest BCUT2D eigenvalue weighted by Gasteiger charge is 2.43. The Balaban J connectivity index is 3.08. The molecule has 2 N–H and O–H groups in total. The Hall–Kier alpha value is -2.86. The second-order valence-corrected chi connectivity index (χ2v) is 14.7. The van der Waals surface area contributed by atoms with Crippen LogP contribution in [0, 0.1) is 10.8 Å². The molecule has 0 spiro atoms. The average molecular weight is 571 g/mol. The van der Waals surface area contributed by atoms with Crippen molar-refractivity contribution in [2.75, 3.05) is 24.6 Å². The molecule has 0 saturated heterocycles. The molecule has 0 unspecified atom stereocenters. The van der Waals surface area contributed by atoms with Crippen LogP contribution in [0.25, 0.3) is 0 Å². The van der Waals surface area contributed by atoms with Crippen molar-refractivity contribution >= 4 is 43.1 Å². The highest BCUT2D eigenvalue weighted by molar-refractivity contribution is 7.94. The molecule has 212 valence electrons. The molecule has 38 heavy (non-hydrogen) atoms. The third-order valence-corrected chi connectivity index (χ3v) is 8.93. The maximum absolute atomic E-state index is 13.5. The summed E-state index contributed by atoms with van der Waals surface area (Å²) in [6, 6.07) is 0. The number of amides is 2. The maximum atomic E-state index is 13.5. The summed E-state index contributed by atoms with van der Waals surface area (Å²) in [7, 11) is -6.96. The Morgan fingerprint density at radius 1 is 0.711 bits per heavy atom. The summed E-state index contributed by atoms with van der Waals surface area (Å²) < 4.78 is 46.2. The molecule has 0 heterocycles. The highest BCUT2D eigenvalue weighted by atomic mass is 32.2. The maximum Gasteiger partial charge on any atom is 0.220 e. The summed E-state index contributed by atoms with van der Waals surface area (Å²) >= 11 is 0. The fraction of sp³-hybridized carbons (Fsp3) is 0.538. The fourth-order valence-corrected chi connectivity index (χ4v) is 5.62. The third-order valence-electron chi connectivity index (χ3n) is 6.37. The Bertz CT molecular complexity index is 1210. The van der Waals surface area contributed by atoms with E-state index in [-0.39, 0.29) is 59.7 Å². The van der Waals surface area contributed by atoms with Crippen molar-refractivity contribution in [3.63, 3.8) is 0 Å². The molecule has 0 aromatic carbocycles. The average Bonchev–Trinajstić information content (AvgIpc) is 2.76. The van der Waals surface area contributed by atoms with Gasteiger partial charge in [-0.1, -0.05) is 40.9 Å². The van der Waals surface area contributed by atoms with E-state index < -0.39 is 53.9 Å². The first kappa shape index (κ1) is 33.2. The summed E-state index contributed by atoms with van der Waals surface area (Å²) in [6.07, 6.45) is -0.316. The van der Waals surface area contributed by atoms with Crippen molar-refractivity contribution in [3.05, 3.63) is 46.3 Å². The second-order valence-electron chi connectivity index (χ2n) is 10.5. The van der Waals surface area contributed by atoms with E-state index in [1.165, 1.54) is 13.8 Å². The Morgan fingerprint density at radius 3 is 1.26 bits per heavy atom. The largest absolute Gasteiger partial charge is 0.355 e. The second kappa shape index (κ2) is 12.3. The lowest BCUT2D eigenvalue weighted by Crippen LogP contribution is -2.39. The van der Waals surface area contributed by atoms with Crippen molar-refractivity contribution in [2.24, 2.45) is 10.8 Å². The number of hydrogen-bond donors (Lipinski definition) is 2. The van der Waals surface area contributed by atoms with Crippen LogP contribution < -0.4 is 10.6 Å². The van der Waals surface area contributed by atoms with Gasteiger partial charge >= 0.3 is 0 Å². The van der Waals surface area contributed by atoms with E-state index in [9.17, 15) is 36.0 Å². The number of nitrogens with one attached hydrogen (secondary N) is 2. The van der Waals surface area contributed by atoms with E-state index in [1.807, 2.05) is 0 Å². The minimum atomic E-state index is -3.48. The van der Waals surface area contributed by atoms with E-state index in [0.717, 1.165) is 10.8 Å². The lowest BCUT2D eigenvalue weighted by Gasteiger charge is -2.36. The molecule has 0 fully saturated rings. The van der Waals surface area contributed by atoms with Crippen LogP contribution in [0.1, 0.15) is 54.4 Å². The Labute approximate surface area is 225 Å². The van der Waals surface area contributed by atoms with E-state index in [1.54, 1.807) is 27.7 Å². The molecule has 0 saturated carbocycles. The van der Waals surface area contributed by atoms with Crippen LogP contribution in [0.2, 0.25) is 0 Å². The molecule has 1 aliphatic carbocycles. The number of carbonyl (C=O) groups is 4. The molecule has 0 atom stereocenters. The van der Waals surface area contributed by atoms with Crippen molar-refractivity contribution in [1.29, 1.82) is 0 Å². The topological polar surface area (TPSA) is 161 Å². The number of allylic oxidation sites excluding steroid dienone is 4. The summed E-state index contributed by atoms with van der Waals surface area (Å²) in [6.45, 7) is 15.8. The first-order valence-corrected chi connectivity index (χ1v) is 15.4. The molecule has 0 aromatic rings. The van der Waals surface area contributed by atoms with Crippen molar-refractivity contribution in [2.45, 2.75) is 54.4 Å². The predicted octanol–water partition coefficient (Wildman–Crippen LogP) is 1.95. The lowest BCUT2D eigenvalue weighted by atomic mass is 9.66. The number of sulfone groups is 2. The van der Waals surface area contributed by atoms with Crippen LogP contribution >= 0.6 is 0 Å². The Morgan fingerprint density at radius 2 is 1.00 bits per heavy atom. The molecule has 0 bridgehead atoms. The van der Waals surface area contributed by atoms with Gasteiger partial charge in [0.1, 0.15) is 0 Å². The molecule has 1 aliphatic rings. The van der Waals surface area contributed by atoms with E-state index in [4.69, 9.17) is 0 Å². The number of Topliss-reactive ketones (excluding diaryl/α,β-unsaturated/α-hetero) is 2. The SMILES string of the molecule is C=CS(=O)(=O)CCNC(=O)CC(C)(C)C1=C(C)C(=O)C(C(C)(C)CC(=O)NCCS(=O)(=O)C=C)=C(C)C1=O. The van der Waals surface area contributed by atoms with Gasteiger partial charge in [-0.2, -0.15) is 0 Å². The van der Waals surface area contributed by atoms with Crippen molar-refractivity contribution < 1.29 is 36.0 Å². The van der Waals surface area contributed by atoms with Crippen LogP contribution in [0.3, 0.4) is 0 Å². The third kappa shape index (κ3) is 8.59. The van der Waals surface area contributed by atoms with Gasteiger partial charge in [-0.3, -0.25) is 19.2 Å². The smallest absolute Gasteiger partial charge is 0.220 e. The van der Waals surface area contributed by atoms with Gasteiger partial charge in [-0.25, -0.2) is 16.8 Å². The van der Waals surface area contributed by atoms with Gasteiger partial charge < -0.3 is 10.6 Å². The van der Waals surface area contributed by atoms with Crippen molar-refractivity contribution in [3.8, 4) is 0 Å². The minimum Gasteiger partial charge on any atom is -0.355 e. The van der Waals surface area contributed by atoms with Gasteiger partial charge in [0.05, 0.1) is 11.5 Å². The number of hydrogen-bond acceptors (Lipinski definition) is 8. The zero-order valence-corrected chi connectivity index (χ0v) is 24.5.